The van der Waals surface area contributed by atoms with Crippen LogP contribution in [0.4, 0.5) is 4.79 Å². The lowest BCUT2D eigenvalue weighted by molar-refractivity contribution is 0.0496. The molecule has 0 saturated carbocycles. The molecule has 6 nitrogen and oxygen atoms in total. The zero-order chi connectivity index (χ0) is 14.8. The minimum atomic E-state index is -0.450. The Morgan fingerprint density at radius 2 is 1.95 bits per heavy atom. The van der Waals surface area contributed by atoms with Gasteiger partial charge < -0.3 is 25.0 Å². The smallest absolute Gasteiger partial charge is 0.407 e. The number of alkyl carbamates (subject to hydrolysis) is 1. The first-order chi connectivity index (χ1) is 9.47. The van der Waals surface area contributed by atoms with Crippen LogP contribution < -0.4 is 10.6 Å². The Morgan fingerprint density at radius 3 is 2.60 bits per heavy atom. The van der Waals surface area contributed by atoms with Crippen molar-refractivity contribution in [2.45, 2.75) is 32.8 Å². The summed E-state index contributed by atoms with van der Waals surface area (Å²) < 4.78 is 10.6. The third kappa shape index (κ3) is 9.12. The standard InChI is InChI=1S/C14H29N3O3/c1-14(2,3)20-13(18)16-7-12-19-11-4-8-17-9-5-15-6-10-17/h15H,4-12H2,1-3H3,(H,16,18). The molecule has 118 valence electrons. The number of carbonyl (C=O) groups is 1. The maximum Gasteiger partial charge on any atom is 0.407 e. The molecular weight excluding hydrogens is 258 g/mol. The van der Waals surface area contributed by atoms with Crippen molar-refractivity contribution in [1.29, 1.82) is 0 Å². The first-order valence-corrected chi connectivity index (χ1v) is 7.45. The molecule has 0 aromatic rings. The number of amides is 1. The van der Waals surface area contributed by atoms with Crippen LogP contribution in [0.15, 0.2) is 0 Å². The topological polar surface area (TPSA) is 62.8 Å². The molecule has 1 fully saturated rings. The van der Waals surface area contributed by atoms with Crippen LogP contribution >= 0.6 is 0 Å². The third-order valence-electron chi connectivity index (χ3n) is 2.89. The fourth-order valence-electron chi connectivity index (χ4n) is 1.97. The number of hydrogen-bond acceptors (Lipinski definition) is 5. The van der Waals surface area contributed by atoms with Gasteiger partial charge in [-0.05, 0) is 27.2 Å². The van der Waals surface area contributed by atoms with E-state index < -0.39 is 5.60 Å². The molecule has 0 radical (unpaired) electrons. The third-order valence-corrected chi connectivity index (χ3v) is 2.89. The number of ether oxygens (including phenoxy) is 2. The molecule has 0 aliphatic carbocycles. The normalized spacial score (nSPS) is 16.9. The Hall–Kier alpha value is -0.850. The summed E-state index contributed by atoms with van der Waals surface area (Å²) in [5, 5.41) is 6.01. The summed E-state index contributed by atoms with van der Waals surface area (Å²) in [6.45, 7) is 12.8. The highest BCUT2D eigenvalue weighted by molar-refractivity contribution is 5.67. The monoisotopic (exact) mass is 287 g/mol. The van der Waals surface area contributed by atoms with Crippen LogP contribution in [0, 0.1) is 0 Å². The van der Waals surface area contributed by atoms with E-state index in [-0.39, 0.29) is 6.09 Å². The van der Waals surface area contributed by atoms with Crippen molar-refractivity contribution in [3.63, 3.8) is 0 Å². The van der Waals surface area contributed by atoms with Gasteiger partial charge in [-0.3, -0.25) is 0 Å². The van der Waals surface area contributed by atoms with Gasteiger partial charge in [-0.25, -0.2) is 4.79 Å². The molecule has 1 rings (SSSR count). The van der Waals surface area contributed by atoms with Crippen LogP contribution in [0.5, 0.6) is 0 Å². The maximum absolute atomic E-state index is 11.4. The molecule has 0 atom stereocenters. The lowest BCUT2D eigenvalue weighted by atomic mass is 10.2. The number of rotatable bonds is 7. The van der Waals surface area contributed by atoms with Crippen LogP contribution in [0.25, 0.3) is 0 Å². The summed E-state index contributed by atoms with van der Waals surface area (Å²) in [5.41, 5.74) is -0.450. The quantitative estimate of drug-likeness (QED) is 0.679. The molecule has 1 saturated heterocycles. The van der Waals surface area contributed by atoms with E-state index in [0.717, 1.165) is 45.8 Å². The first kappa shape index (κ1) is 17.2. The van der Waals surface area contributed by atoms with Crippen molar-refractivity contribution in [2.24, 2.45) is 0 Å². The first-order valence-electron chi connectivity index (χ1n) is 7.45. The summed E-state index contributed by atoms with van der Waals surface area (Å²) in [6.07, 6.45) is 0.647. The highest BCUT2D eigenvalue weighted by atomic mass is 16.6. The fourth-order valence-corrected chi connectivity index (χ4v) is 1.97. The number of piperazine rings is 1. The van der Waals surface area contributed by atoms with Crippen LogP contribution in [0.1, 0.15) is 27.2 Å². The van der Waals surface area contributed by atoms with Crippen molar-refractivity contribution < 1.29 is 14.3 Å². The van der Waals surface area contributed by atoms with Crippen molar-refractivity contribution in [3.05, 3.63) is 0 Å². The maximum atomic E-state index is 11.4. The van der Waals surface area contributed by atoms with E-state index in [9.17, 15) is 4.79 Å². The van der Waals surface area contributed by atoms with E-state index in [1.54, 1.807) is 0 Å². The van der Waals surface area contributed by atoms with Gasteiger partial charge in [0.25, 0.3) is 0 Å². The number of hydrogen-bond donors (Lipinski definition) is 2. The molecule has 2 N–H and O–H groups in total. The predicted molar refractivity (Wildman–Crippen MR) is 79.0 cm³/mol. The van der Waals surface area contributed by atoms with Gasteiger partial charge in [-0.2, -0.15) is 0 Å². The zero-order valence-electron chi connectivity index (χ0n) is 13.0. The summed E-state index contributed by atoms with van der Waals surface area (Å²) >= 11 is 0. The molecule has 1 heterocycles. The van der Waals surface area contributed by atoms with E-state index in [2.05, 4.69) is 15.5 Å². The molecule has 0 spiro atoms. The Labute approximate surface area is 122 Å². The molecule has 0 unspecified atom stereocenters. The van der Waals surface area contributed by atoms with Crippen molar-refractivity contribution >= 4 is 6.09 Å². The van der Waals surface area contributed by atoms with Gasteiger partial charge in [0, 0.05) is 45.9 Å². The van der Waals surface area contributed by atoms with Gasteiger partial charge in [0.2, 0.25) is 0 Å². The number of nitrogens with one attached hydrogen (secondary N) is 2. The summed E-state index contributed by atoms with van der Waals surface area (Å²) in [4.78, 5) is 13.8. The average molecular weight is 287 g/mol. The van der Waals surface area contributed by atoms with E-state index in [1.165, 1.54) is 0 Å². The second kappa shape index (κ2) is 9.15. The van der Waals surface area contributed by atoms with Gasteiger partial charge in [-0.15, -0.1) is 0 Å². The Bertz CT molecular complexity index is 273. The Balaban J connectivity index is 1.88. The number of carbonyl (C=O) groups excluding carboxylic acids is 1. The lowest BCUT2D eigenvalue weighted by Gasteiger charge is -2.26. The molecule has 0 aromatic carbocycles. The molecule has 6 heteroatoms. The summed E-state index contributed by atoms with van der Waals surface area (Å²) in [5.74, 6) is 0. The molecule has 1 aliphatic heterocycles. The van der Waals surface area contributed by atoms with E-state index in [1.807, 2.05) is 20.8 Å². The molecule has 0 aromatic heterocycles. The van der Waals surface area contributed by atoms with E-state index in [0.29, 0.717) is 13.2 Å². The molecular formula is C14H29N3O3. The van der Waals surface area contributed by atoms with Gasteiger partial charge in [0.15, 0.2) is 0 Å². The van der Waals surface area contributed by atoms with Crippen molar-refractivity contribution in [3.8, 4) is 0 Å². The molecule has 1 amide bonds. The second-order valence-corrected chi connectivity index (χ2v) is 5.99. The largest absolute Gasteiger partial charge is 0.444 e. The minimum Gasteiger partial charge on any atom is -0.444 e. The van der Waals surface area contributed by atoms with Crippen LogP contribution in [-0.2, 0) is 9.47 Å². The fraction of sp³-hybridized carbons (Fsp3) is 0.929. The minimum absolute atomic E-state index is 0.387. The van der Waals surface area contributed by atoms with Crippen LogP contribution in [0.3, 0.4) is 0 Å². The summed E-state index contributed by atoms with van der Waals surface area (Å²) in [7, 11) is 0. The van der Waals surface area contributed by atoms with E-state index in [4.69, 9.17) is 9.47 Å². The Morgan fingerprint density at radius 1 is 1.25 bits per heavy atom. The van der Waals surface area contributed by atoms with Crippen LogP contribution in [-0.4, -0.2) is 69.1 Å². The van der Waals surface area contributed by atoms with Crippen molar-refractivity contribution in [2.75, 3.05) is 52.5 Å². The SMILES string of the molecule is CC(C)(C)OC(=O)NCCOCCCN1CCNCC1. The molecule has 0 bridgehead atoms. The lowest BCUT2D eigenvalue weighted by Crippen LogP contribution is -2.43. The second-order valence-electron chi connectivity index (χ2n) is 5.99. The van der Waals surface area contributed by atoms with Gasteiger partial charge >= 0.3 is 6.09 Å². The van der Waals surface area contributed by atoms with Crippen LogP contribution in [0.2, 0.25) is 0 Å². The summed E-state index contributed by atoms with van der Waals surface area (Å²) in [6, 6.07) is 0. The van der Waals surface area contributed by atoms with E-state index >= 15 is 0 Å². The molecule has 1 aliphatic rings. The highest BCUT2D eigenvalue weighted by Gasteiger charge is 2.15. The Kier molecular flexibility index (Phi) is 7.87. The molecule has 20 heavy (non-hydrogen) atoms. The van der Waals surface area contributed by atoms with Gasteiger partial charge in [0.05, 0.1) is 6.61 Å². The zero-order valence-corrected chi connectivity index (χ0v) is 13.0. The van der Waals surface area contributed by atoms with Gasteiger partial charge in [0.1, 0.15) is 5.60 Å². The number of nitrogens with zero attached hydrogens (tertiary/aromatic N) is 1. The van der Waals surface area contributed by atoms with Crippen molar-refractivity contribution in [1.82, 2.24) is 15.5 Å². The van der Waals surface area contributed by atoms with Gasteiger partial charge in [-0.1, -0.05) is 0 Å². The highest BCUT2D eigenvalue weighted by Crippen LogP contribution is 2.06. The average Bonchev–Trinajstić information content (AvgIpc) is 2.37. The predicted octanol–water partition coefficient (Wildman–Crippen LogP) is 0.823.